The Morgan fingerprint density at radius 1 is 1.06 bits per heavy atom. The maximum Gasteiger partial charge on any atom is 0.344 e. The number of furan rings is 1. The number of aliphatic hydroxyl groups is 1. The van der Waals surface area contributed by atoms with Crippen molar-refractivity contribution in [1.29, 1.82) is 0 Å². The standard InChI is InChI=1S/C26H21NO6S/c1-3-32-26(31)22-23(28)21(34-24(22)27-18-10-4-15(2)5-11-18)14-19-12-13-20(33-19)16-6-8-17(9-7-16)25(29)30/h4-14,28H,3H2,1-2H3,(H,29,30)/b21-14+,27-24?. The lowest BCUT2D eigenvalue weighted by atomic mass is 10.1. The molecule has 1 aromatic heterocycles. The van der Waals surface area contributed by atoms with Crippen molar-refractivity contribution in [2.75, 3.05) is 6.61 Å². The van der Waals surface area contributed by atoms with Gasteiger partial charge < -0.3 is 19.4 Å². The third kappa shape index (κ3) is 4.97. The van der Waals surface area contributed by atoms with Gasteiger partial charge in [0, 0.05) is 5.56 Å². The molecule has 8 heteroatoms. The second-order valence-electron chi connectivity index (χ2n) is 7.39. The monoisotopic (exact) mass is 475 g/mol. The highest BCUT2D eigenvalue weighted by Crippen LogP contribution is 2.40. The number of aliphatic imine (C=N–C) groups is 1. The zero-order valence-corrected chi connectivity index (χ0v) is 19.3. The summed E-state index contributed by atoms with van der Waals surface area (Å²) in [5.41, 5.74) is 2.63. The van der Waals surface area contributed by atoms with Crippen LogP contribution in [-0.2, 0) is 9.53 Å². The van der Waals surface area contributed by atoms with Crippen LogP contribution in [0.5, 0.6) is 0 Å². The Kier molecular flexibility index (Phi) is 6.70. The van der Waals surface area contributed by atoms with Crippen LogP contribution in [0.4, 0.5) is 5.69 Å². The van der Waals surface area contributed by atoms with Crippen molar-refractivity contribution >= 4 is 40.5 Å². The Hall–Kier alpha value is -4.04. The molecule has 1 aliphatic heterocycles. The smallest absolute Gasteiger partial charge is 0.344 e. The van der Waals surface area contributed by atoms with Gasteiger partial charge in [-0.1, -0.05) is 41.6 Å². The molecule has 4 rings (SSSR count). The molecule has 0 spiro atoms. The van der Waals surface area contributed by atoms with E-state index in [4.69, 9.17) is 14.3 Å². The minimum atomic E-state index is -1.00. The van der Waals surface area contributed by atoms with E-state index in [1.807, 2.05) is 31.2 Å². The van der Waals surface area contributed by atoms with Gasteiger partial charge in [-0.15, -0.1) is 0 Å². The van der Waals surface area contributed by atoms with Crippen LogP contribution in [-0.4, -0.2) is 33.8 Å². The van der Waals surface area contributed by atoms with Crippen molar-refractivity contribution in [3.05, 3.63) is 93.8 Å². The molecule has 0 fully saturated rings. The Balaban J connectivity index is 1.66. The first-order valence-electron chi connectivity index (χ1n) is 10.4. The molecule has 2 heterocycles. The number of aliphatic hydroxyl groups excluding tert-OH is 1. The molecule has 0 bridgehead atoms. The lowest BCUT2D eigenvalue weighted by Gasteiger charge is -2.04. The zero-order valence-electron chi connectivity index (χ0n) is 18.4. The second kappa shape index (κ2) is 9.84. The first kappa shape index (κ1) is 23.1. The first-order chi connectivity index (χ1) is 16.4. The highest BCUT2D eigenvalue weighted by atomic mass is 32.2. The summed E-state index contributed by atoms with van der Waals surface area (Å²) in [4.78, 5) is 28.5. The Morgan fingerprint density at radius 2 is 1.76 bits per heavy atom. The third-order valence-corrected chi connectivity index (χ3v) is 5.97. The number of carbonyl (C=O) groups excluding carboxylic acids is 1. The van der Waals surface area contributed by atoms with Crippen LogP contribution in [0.15, 0.2) is 86.3 Å². The molecule has 3 aromatic rings. The van der Waals surface area contributed by atoms with Crippen molar-refractivity contribution in [3.8, 4) is 11.3 Å². The maximum absolute atomic E-state index is 12.5. The van der Waals surface area contributed by atoms with Crippen molar-refractivity contribution < 1.29 is 29.0 Å². The number of aryl methyl sites for hydroxylation is 1. The Morgan fingerprint density at radius 3 is 2.41 bits per heavy atom. The van der Waals surface area contributed by atoms with Crippen LogP contribution in [0.3, 0.4) is 0 Å². The van der Waals surface area contributed by atoms with Gasteiger partial charge in [0.25, 0.3) is 0 Å². The molecule has 1 aliphatic rings. The first-order valence-corrected chi connectivity index (χ1v) is 11.3. The highest BCUT2D eigenvalue weighted by molar-refractivity contribution is 8.18. The fraction of sp³-hybridized carbons (Fsp3) is 0.115. The van der Waals surface area contributed by atoms with Gasteiger partial charge in [-0.25, -0.2) is 14.6 Å². The van der Waals surface area contributed by atoms with Crippen molar-refractivity contribution in [2.24, 2.45) is 4.99 Å². The van der Waals surface area contributed by atoms with Crippen LogP contribution in [0, 0.1) is 6.92 Å². The number of rotatable bonds is 6. The lowest BCUT2D eigenvalue weighted by molar-refractivity contribution is -0.138. The normalized spacial score (nSPS) is 15.8. The molecule has 0 amide bonds. The number of esters is 1. The summed E-state index contributed by atoms with van der Waals surface area (Å²) in [5, 5.41) is 20.2. The Bertz CT molecular complexity index is 1330. The van der Waals surface area contributed by atoms with E-state index in [1.54, 1.807) is 37.3 Å². The molecule has 2 aromatic carbocycles. The molecular weight excluding hydrogens is 454 g/mol. The number of hydrogen-bond donors (Lipinski definition) is 2. The lowest BCUT2D eigenvalue weighted by Crippen LogP contribution is -2.12. The predicted octanol–water partition coefficient (Wildman–Crippen LogP) is 6.15. The van der Waals surface area contributed by atoms with E-state index in [1.165, 1.54) is 12.1 Å². The number of aromatic carboxylic acids is 1. The van der Waals surface area contributed by atoms with E-state index in [-0.39, 0.29) is 23.5 Å². The van der Waals surface area contributed by atoms with Crippen molar-refractivity contribution in [1.82, 2.24) is 0 Å². The molecule has 0 radical (unpaired) electrons. The van der Waals surface area contributed by atoms with Crippen LogP contribution < -0.4 is 0 Å². The Labute approximate surface area is 200 Å². The van der Waals surface area contributed by atoms with Crippen LogP contribution >= 0.6 is 11.8 Å². The minimum absolute atomic E-state index is 0.00899. The maximum atomic E-state index is 12.5. The number of thioether (sulfide) groups is 1. The topological polar surface area (TPSA) is 109 Å². The van der Waals surface area contributed by atoms with Gasteiger partial charge in [-0.05, 0) is 56.3 Å². The van der Waals surface area contributed by atoms with Crippen LogP contribution in [0.2, 0.25) is 0 Å². The summed E-state index contributed by atoms with van der Waals surface area (Å²) in [6.45, 7) is 3.83. The molecule has 0 unspecified atom stereocenters. The summed E-state index contributed by atoms with van der Waals surface area (Å²) in [7, 11) is 0. The van der Waals surface area contributed by atoms with Crippen LogP contribution in [0.1, 0.15) is 28.6 Å². The van der Waals surface area contributed by atoms with Gasteiger partial charge in [-0.2, -0.15) is 0 Å². The van der Waals surface area contributed by atoms with E-state index in [0.29, 0.717) is 32.7 Å². The van der Waals surface area contributed by atoms with Gasteiger partial charge in [-0.3, -0.25) is 0 Å². The number of hydrogen-bond acceptors (Lipinski definition) is 7. The SMILES string of the molecule is CCOC(=O)C1=C(O)/C(=C\c2ccc(-c3ccc(C(=O)O)cc3)o2)SC1=Nc1ccc(C)cc1. The molecule has 0 aliphatic carbocycles. The zero-order chi connectivity index (χ0) is 24.2. The summed E-state index contributed by atoms with van der Waals surface area (Å²) in [6.07, 6.45) is 1.62. The van der Waals surface area contributed by atoms with E-state index in [2.05, 4.69) is 4.99 Å². The summed E-state index contributed by atoms with van der Waals surface area (Å²) in [6, 6.07) is 17.3. The summed E-state index contributed by atoms with van der Waals surface area (Å²) >= 11 is 1.15. The molecule has 0 saturated heterocycles. The number of ether oxygens (including phenoxy) is 1. The molecule has 7 nitrogen and oxygen atoms in total. The highest BCUT2D eigenvalue weighted by Gasteiger charge is 2.33. The van der Waals surface area contributed by atoms with Gasteiger partial charge in [0.2, 0.25) is 0 Å². The van der Waals surface area contributed by atoms with E-state index >= 15 is 0 Å². The third-order valence-electron chi connectivity index (χ3n) is 4.95. The summed E-state index contributed by atoms with van der Waals surface area (Å²) < 4.78 is 11.0. The van der Waals surface area contributed by atoms with Crippen LogP contribution in [0.25, 0.3) is 17.4 Å². The number of carbonyl (C=O) groups is 2. The predicted molar refractivity (Wildman–Crippen MR) is 131 cm³/mol. The fourth-order valence-electron chi connectivity index (χ4n) is 3.22. The largest absolute Gasteiger partial charge is 0.506 e. The average molecular weight is 476 g/mol. The number of carboxylic acids is 1. The number of benzene rings is 2. The van der Waals surface area contributed by atoms with E-state index in [9.17, 15) is 14.7 Å². The summed E-state index contributed by atoms with van der Waals surface area (Å²) in [5.74, 6) is -0.892. The second-order valence-corrected chi connectivity index (χ2v) is 8.42. The average Bonchev–Trinajstić information content (AvgIpc) is 3.40. The van der Waals surface area contributed by atoms with Crippen molar-refractivity contribution in [3.63, 3.8) is 0 Å². The minimum Gasteiger partial charge on any atom is -0.506 e. The molecule has 2 N–H and O–H groups in total. The fourth-order valence-corrected chi connectivity index (χ4v) is 4.24. The number of nitrogens with zero attached hydrogens (tertiary/aromatic N) is 1. The number of carboxylic acid groups (broad SMARTS) is 1. The van der Waals surface area contributed by atoms with Gasteiger partial charge in [0.15, 0.2) is 0 Å². The quantitative estimate of drug-likeness (QED) is 0.412. The van der Waals surface area contributed by atoms with Gasteiger partial charge in [0.05, 0.1) is 22.8 Å². The molecule has 0 saturated carbocycles. The molecular formula is C26H21NO6S. The van der Waals surface area contributed by atoms with E-state index in [0.717, 1.165) is 17.3 Å². The van der Waals surface area contributed by atoms with E-state index < -0.39 is 11.9 Å². The van der Waals surface area contributed by atoms with Gasteiger partial charge in [0.1, 0.15) is 27.9 Å². The molecule has 0 atom stereocenters. The molecule has 172 valence electrons. The van der Waals surface area contributed by atoms with Crippen molar-refractivity contribution in [2.45, 2.75) is 13.8 Å². The molecule has 34 heavy (non-hydrogen) atoms. The van der Waals surface area contributed by atoms with Gasteiger partial charge >= 0.3 is 11.9 Å².